The number of fused-ring (bicyclic) bond motifs is 1. The van der Waals surface area contributed by atoms with Crippen molar-refractivity contribution < 1.29 is 27.4 Å². The molecule has 2 N–H and O–H groups in total. The highest BCUT2D eigenvalue weighted by Gasteiger charge is 2.45. The number of imidazole rings is 1. The maximum absolute atomic E-state index is 13.0. The molecule has 0 atom stereocenters. The molecule has 3 aromatic rings. The predicted octanol–water partition coefficient (Wildman–Crippen LogP) is 1.25. The smallest absolute Gasteiger partial charge is 0.275 e. The van der Waals surface area contributed by atoms with Gasteiger partial charge in [0.2, 0.25) is 11.8 Å². The SMILES string of the molecule is O=C(CC1CC(F)(F)C1)NCc1cnn2cc(CNC(=O)c3nonc3CN3CC(F)C3)nc2c1. The summed E-state index contributed by atoms with van der Waals surface area (Å²) >= 11 is 0. The van der Waals surface area contributed by atoms with Crippen molar-refractivity contribution in [1.29, 1.82) is 0 Å². The number of hydrogen-bond acceptors (Lipinski definition) is 8. The summed E-state index contributed by atoms with van der Waals surface area (Å²) < 4.78 is 45.0. The zero-order valence-electron chi connectivity index (χ0n) is 18.6. The molecule has 0 spiro atoms. The summed E-state index contributed by atoms with van der Waals surface area (Å²) in [6, 6.07) is 1.74. The number of alkyl halides is 3. The minimum absolute atomic E-state index is 0.0397. The standard InChI is InChI=1S/C21H23F3N8O3/c22-14-8-31(9-14)11-16-19(30-35-29-16)20(34)26-7-15-10-32-17(28-15)1-13(6-27-32)5-25-18(33)2-12-3-21(23,24)4-12/h1,6,10,12,14H,2-5,7-9,11H2,(H,25,33)(H,26,34). The van der Waals surface area contributed by atoms with E-state index in [0.717, 1.165) is 0 Å². The van der Waals surface area contributed by atoms with Crippen molar-refractivity contribution in [2.45, 2.75) is 51.0 Å². The van der Waals surface area contributed by atoms with Crippen LogP contribution in [-0.2, 0) is 24.4 Å². The van der Waals surface area contributed by atoms with E-state index in [1.807, 2.05) is 0 Å². The lowest BCUT2D eigenvalue weighted by Gasteiger charge is -2.34. The van der Waals surface area contributed by atoms with E-state index in [2.05, 4.69) is 35.7 Å². The molecule has 0 bridgehead atoms. The van der Waals surface area contributed by atoms with Crippen LogP contribution in [0.25, 0.3) is 5.65 Å². The van der Waals surface area contributed by atoms with E-state index in [-0.39, 0.29) is 69.5 Å². The van der Waals surface area contributed by atoms with Crippen LogP contribution < -0.4 is 10.6 Å². The van der Waals surface area contributed by atoms with Crippen LogP contribution in [-0.4, -0.2) is 66.8 Å². The Balaban J connectivity index is 1.12. The first-order valence-electron chi connectivity index (χ1n) is 11.2. The van der Waals surface area contributed by atoms with Gasteiger partial charge in [0.1, 0.15) is 11.9 Å². The van der Waals surface area contributed by atoms with Gasteiger partial charge >= 0.3 is 0 Å². The lowest BCUT2D eigenvalue weighted by atomic mass is 9.79. The normalized spacial score (nSPS) is 18.3. The maximum Gasteiger partial charge on any atom is 0.275 e. The fourth-order valence-corrected chi connectivity index (χ4v) is 4.20. The molecule has 35 heavy (non-hydrogen) atoms. The molecule has 0 radical (unpaired) electrons. The molecular weight excluding hydrogens is 469 g/mol. The van der Waals surface area contributed by atoms with E-state index in [1.165, 1.54) is 4.52 Å². The number of carbonyl (C=O) groups excluding carboxylic acids is 2. The van der Waals surface area contributed by atoms with Crippen LogP contribution in [0.1, 0.15) is 46.7 Å². The summed E-state index contributed by atoms with van der Waals surface area (Å²) in [5.74, 6) is -3.69. The van der Waals surface area contributed by atoms with E-state index in [1.54, 1.807) is 23.4 Å². The topological polar surface area (TPSA) is 131 Å². The molecule has 4 heterocycles. The van der Waals surface area contributed by atoms with Crippen molar-refractivity contribution in [3.8, 4) is 0 Å². The lowest BCUT2D eigenvalue weighted by molar-refractivity contribution is -0.133. The largest absolute Gasteiger partial charge is 0.352 e. The molecule has 2 aliphatic rings. The molecule has 1 saturated carbocycles. The Morgan fingerprint density at radius 2 is 1.97 bits per heavy atom. The highest BCUT2D eigenvalue weighted by molar-refractivity contribution is 5.93. The summed E-state index contributed by atoms with van der Waals surface area (Å²) in [5, 5.41) is 17.1. The highest BCUT2D eigenvalue weighted by atomic mass is 19.3. The fraction of sp³-hybridized carbons (Fsp3) is 0.524. The van der Waals surface area contributed by atoms with Crippen LogP contribution in [0.4, 0.5) is 13.2 Å². The maximum atomic E-state index is 13.0. The second-order valence-electron chi connectivity index (χ2n) is 9.04. The Labute approximate surface area is 197 Å². The average Bonchev–Trinajstić information content (AvgIpc) is 3.40. The Bertz CT molecular complexity index is 1230. The van der Waals surface area contributed by atoms with Crippen LogP contribution in [0.5, 0.6) is 0 Å². The number of rotatable bonds is 9. The number of halogens is 3. The fourth-order valence-electron chi connectivity index (χ4n) is 4.20. The van der Waals surface area contributed by atoms with Crippen LogP contribution in [0.15, 0.2) is 23.1 Å². The van der Waals surface area contributed by atoms with Crippen molar-refractivity contribution >= 4 is 17.5 Å². The zero-order valence-corrected chi connectivity index (χ0v) is 18.6. The lowest BCUT2D eigenvalue weighted by Crippen LogP contribution is -2.47. The molecular formula is C21H23F3N8O3. The molecule has 1 saturated heterocycles. The van der Waals surface area contributed by atoms with Gasteiger partial charge in [0.25, 0.3) is 5.91 Å². The van der Waals surface area contributed by atoms with Crippen LogP contribution in [0, 0.1) is 5.92 Å². The molecule has 3 aromatic heterocycles. The Morgan fingerprint density at radius 3 is 2.71 bits per heavy atom. The first-order chi connectivity index (χ1) is 16.7. The summed E-state index contributed by atoms with van der Waals surface area (Å²) in [6.07, 6.45) is 1.95. The highest BCUT2D eigenvalue weighted by Crippen LogP contribution is 2.43. The third-order valence-electron chi connectivity index (χ3n) is 6.05. The van der Waals surface area contributed by atoms with Crippen molar-refractivity contribution in [2.75, 3.05) is 13.1 Å². The van der Waals surface area contributed by atoms with E-state index < -0.39 is 18.0 Å². The van der Waals surface area contributed by atoms with Gasteiger partial charge in [-0.1, -0.05) is 5.16 Å². The van der Waals surface area contributed by atoms with Crippen LogP contribution in [0.3, 0.4) is 0 Å². The number of amides is 2. The van der Waals surface area contributed by atoms with E-state index in [9.17, 15) is 22.8 Å². The van der Waals surface area contributed by atoms with Crippen molar-refractivity contribution in [3.05, 3.63) is 41.1 Å². The number of likely N-dealkylation sites (tertiary alicyclic amines) is 1. The summed E-state index contributed by atoms with van der Waals surface area (Å²) in [5.41, 5.74) is 2.13. The number of carbonyl (C=O) groups is 2. The third kappa shape index (κ3) is 5.42. The van der Waals surface area contributed by atoms with Gasteiger partial charge < -0.3 is 10.6 Å². The van der Waals surface area contributed by atoms with Crippen LogP contribution >= 0.6 is 0 Å². The summed E-state index contributed by atoms with van der Waals surface area (Å²) in [4.78, 5) is 30.7. The quantitative estimate of drug-likeness (QED) is 0.457. The monoisotopic (exact) mass is 492 g/mol. The number of nitrogens with zero attached hydrogens (tertiary/aromatic N) is 6. The molecule has 14 heteroatoms. The predicted molar refractivity (Wildman–Crippen MR) is 113 cm³/mol. The van der Waals surface area contributed by atoms with Gasteiger partial charge in [-0.3, -0.25) is 14.5 Å². The summed E-state index contributed by atoms with van der Waals surface area (Å²) in [6.45, 7) is 1.15. The zero-order chi connectivity index (χ0) is 24.6. The first kappa shape index (κ1) is 23.2. The minimum atomic E-state index is -2.64. The Hall–Kier alpha value is -3.55. The van der Waals surface area contributed by atoms with Gasteiger partial charge in [-0.25, -0.2) is 27.3 Å². The van der Waals surface area contributed by atoms with E-state index in [0.29, 0.717) is 22.6 Å². The Kier molecular flexibility index (Phi) is 6.13. The number of hydrogen-bond donors (Lipinski definition) is 2. The molecule has 1 aliphatic carbocycles. The Morgan fingerprint density at radius 1 is 1.17 bits per heavy atom. The molecule has 0 aromatic carbocycles. The van der Waals surface area contributed by atoms with Crippen molar-refractivity contribution in [2.24, 2.45) is 5.92 Å². The molecule has 186 valence electrons. The van der Waals surface area contributed by atoms with Crippen molar-refractivity contribution in [1.82, 2.24) is 40.4 Å². The third-order valence-corrected chi connectivity index (χ3v) is 6.05. The number of aromatic nitrogens is 5. The van der Waals surface area contributed by atoms with Crippen molar-refractivity contribution in [3.63, 3.8) is 0 Å². The molecule has 11 nitrogen and oxygen atoms in total. The van der Waals surface area contributed by atoms with Gasteiger partial charge in [0.15, 0.2) is 11.3 Å². The molecule has 5 rings (SSSR count). The molecule has 2 fully saturated rings. The molecule has 0 unspecified atom stereocenters. The molecule has 1 aliphatic heterocycles. The minimum Gasteiger partial charge on any atom is -0.352 e. The van der Waals surface area contributed by atoms with Gasteiger partial charge in [0.05, 0.1) is 24.6 Å². The van der Waals surface area contributed by atoms with Gasteiger partial charge in [-0.15, -0.1) is 0 Å². The average molecular weight is 492 g/mol. The second-order valence-corrected chi connectivity index (χ2v) is 9.04. The van der Waals surface area contributed by atoms with Crippen LogP contribution in [0.2, 0.25) is 0 Å². The summed E-state index contributed by atoms with van der Waals surface area (Å²) in [7, 11) is 0. The van der Waals surface area contributed by atoms with E-state index in [4.69, 9.17) is 0 Å². The van der Waals surface area contributed by atoms with Gasteiger partial charge in [-0.2, -0.15) is 5.10 Å². The van der Waals surface area contributed by atoms with Gasteiger partial charge in [-0.05, 0) is 22.7 Å². The first-order valence-corrected chi connectivity index (χ1v) is 11.2. The second kappa shape index (κ2) is 9.24. The van der Waals surface area contributed by atoms with Gasteiger partial charge in [0, 0.05) is 45.4 Å². The number of nitrogens with one attached hydrogen (secondary N) is 2. The van der Waals surface area contributed by atoms with E-state index >= 15 is 0 Å². The molecule has 2 amide bonds.